The van der Waals surface area contributed by atoms with Crippen LogP contribution in [0.25, 0.3) is 0 Å². The van der Waals surface area contributed by atoms with Gasteiger partial charge in [-0.3, -0.25) is 0 Å². The third-order valence-electron chi connectivity index (χ3n) is 0. The first-order valence-electron chi connectivity index (χ1n) is 1.67. The maximum atomic E-state index is 8.69. The minimum atomic E-state index is 0. The number of hydrogen-bond acceptors (Lipinski definition) is 2. The molecule has 48 valence electrons. The summed E-state index contributed by atoms with van der Waals surface area (Å²) in [6, 6.07) is 0. The molecule has 0 spiro atoms. The third-order valence-corrected chi connectivity index (χ3v) is 0. The van der Waals surface area contributed by atoms with Crippen molar-refractivity contribution in [2.75, 3.05) is 6.61 Å². The second-order valence-electron chi connectivity index (χ2n) is 0.483. The third kappa shape index (κ3) is 569. The van der Waals surface area contributed by atoms with Gasteiger partial charge in [0.25, 0.3) is 0 Å². The normalized spacial score (nSPS) is 3.75. The molecular formula is C4H9BrO2Zn-2. The van der Waals surface area contributed by atoms with E-state index in [0.29, 0.717) is 6.29 Å². The van der Waals surface area contributed by atoms with Crippen LogP contribution in [0.4, 0.5) is 0 Å². The van der Waals surface area contributed by atoms with Crippen LogP contribution in [0.5, 0.6) is 0 Å². The summed E-state index contributed by atoms with van der Waals surface area (Å²) in [7, 11) is 0. The molecule has 0 atom stereocenters. The summed E-state index contributed by atoms with van der Waals surface area (Å²) >= 11 is 0. The summed E-state index contributed by atoms with van der Waals surface area (Å²) in [5.41, 5.74) is 0. The summed E-state index contributed by atoms with van der Waals surface area (Å²) in [6.07, 6.45) is 0.500. The Kier molecular flexibility index (Phi) is 144. The van der Waals surface area contributed by atoms with Crippen molar-refractivity contribution in [3.8, 4) is 0 Å². The molecule has 0 aliphatic heterocycles. The van der Waals surface area contributed by atoms with Crippen LogP contribution in [0.3, 0.4) is 0 Å². The molecule has 0 amide bonds. The number of rotatable bonds is 0. The van der Waals surface area contributed by atoms with Gasteiger partial charge < -0.3 is 33.8 Å². The number of carbonyl (C=O) groups excluding carboxylic acids is 1. The van der Waals surface area contributed by atoms with Crippen LogP contribution in [-0.4, -0.2) is 18.0 Å². The van der Waals surface area contributed by atoms with Crippen LogP contribution in [0, 0.1) is 6.92 Å². The van der Waals surface area contributed by atoms with Gasteiger partial charge in [0.2, 0.25) is 0 Å². The minimum absolute atomic E-state index is 0. The van der Waals surface area contributed by atoms with Gasteiger partial charge in [-0.15, -0.1) is 0 Å². The smallest absolute Gasteiger partial charge is 0.0402 e. The fraction of sp³-hybridized carbons (Fsp3) is 0.500. The minimum Gasteiger partial charge on any atom is -1.00 e. The second kappa shape index (κ2) is 48.9. The molecule has 8 heavy (non-hydrogen) atoms. The molecule has 0 aromatic heterocycles. The molecule has 1 N–H and O–H groups in total. The number of aldehydes is 1. The van der Waals surface area contributed by atoms with Crippen LogP contribution in [0.15, 0.2) is 0 Å². The predicted molar refractivity (Wildman–Crippen MR) is 24.2 cm³/mol. The zero-order valence-electron chi connectivity index (χ0n) is 4.93. The van der Waals surface area contributed by atoms with Crippen molar-refractivity contribution in [3.63, 3.8) is 0 Å². The Morgan fingerprint density at radius 1 is 1.75 bits per heavy atom. The van der Waals surface area contributed by atoms with Crippen LogP contribution in [0.2, 0.25) is 0 Å². The molecule has 0 saturated heterocycles. The Hall–Kier alpha value is 0.603. The maximum absolute atomic E-state index is 8.69. The SMILES string of the molecule is CCO.[Br-].[CH2-]C=O.[Zn]. The van der Waals surface area contributed by atoms with Crippen molar-refractivity contribution in [1.29, 1.82) is 0 Å². The van der Waals surface area contributed by atoms with E-state index < -0.39 is 0 Å². The van der Waals surface area contributed by atoms with E-state index in [1.165, 1.54) is 0 Å². The van der Waals surface area contributed by atoms with E-state index in [1.54, 1.807) is 6.92 Å². The predicted octanol–water partition coefficient (Wildman–Crippen LogP) is -2.98. The monoisotopic (exact) mass is 232 g/mol. The van der Waals surface area contributed by atoms with E-state index >= 15 is 0 Å². The van der Waals surface area contributed by atoms with Crippen LogP contribution >= 0.6 is 0 Å². The molecule has 0 aliphatic rings. The van der Waals surface area contributed by atoms with Gasteiger partial charge in [0.1, 0.15) is 0 Å². The quantitative estimate of drug-likeness (QED) is 0.276. The van der Waals surface area contributed by atoms with Crippen LogP contribution < -0.4 is 17.0 Å². The van der Waals surface area contributed by atoms with Crippen molar-refractivity contribution in [1.82, 2.24) is 0 Å². The van der Waals surface area contributed by atoms with Gasteiger partial charge in [-0.1, -0.05) is 0 Å². The number of hydrogen-bond donors (Lipinski definition) is 1. The molecule has 2 nitrogen and oxygen atoms in total. The molecule has 0 fully saturated rings. The van der Waals surface area contributed by atoms with Gasteiger partial charge in [0, 0.05) is 26.1 Å². The summed E-state index contributed by atoms with van der Waals surface area (Å²) in [5, 5.41) is 7.57. The van der Waals surface area contributed by atoms with Gasteiger partial charge >= 0.3 is 0 Å². The van der Waals surface area contributed by atoms with Crippen LogP contribution in [-0.2, 0) is 24.3 Å². The summed E-state index contributed by atoms with van der Waals surface area (Å²) in [5.74, 6) is 0. The zero-order valence-corrected chi connectivity index (χ0v) is 9.49. The van der Waals surface area contributed by atoms with E-state index in [0.717, 1.165) is 0 Å². The van der Waals surface area contributed by atoms with E-state index in [-0.39, 0.29) is 43.1 Å². The van der Waals surface area contributed by atoms with Gasteiger partial charge in [-0.05, 0) is 13.2 Å². The molecule has 0 unspecified atom stereocenters. The maximum Gasteiger partial charge on any atom is 0.0402 e. The second-order valence-corrected chi connectivity index (χ2v) is 0.483. The first kappa shape index (κ1) is 23.5. The number of carbonyl (C=O) groups is 1. The van der Waals surface area contributed by atoms with Crippen molar-refractivity contribution in [2.45, 2.75) is 6.92 Å². The van der Waals surface area contributed by atoms with Gasteiger partial charge in [-0.2, -0.15) is 0 Å². The first-order chi connectivity index (χ1) is 2.83. The number of aliphatic hydroxyl groups excluding tert-OH is 1. The van der Waals surface area contributed by atoms with E-state index in [9.17, 15) is 0 Å². The fourth-order valence-corrected chi connectivity index (χ4v) is 0. The van der Waals surface area contributed by atoms with Crippen molar-refractivity contribution < 1.29 is 46.4 Å². The average molecular weight is 234 g/mol. The largest absolute Gasteiger partial charge is 1.00 e. The van der Waals surface area contributed by atoms with Crippen molar-refractivity contribution in [2.24, 2.45) is 0 Å². The van der Waals surface area contributed by atoms with Crippen LogP contribution in [0.1, 0.15) is 6.92 Å². The molecule has 0 bridgehead atoms. The van der Waals surface area contributed by atoms with E-state index in [4.69, 9.17) is 9.90 Å². The molecule has 0 aromatic rings. The van der Waals surface area contributed by atoms with E-state index in [2.05, 4.69) is 6.92 Å². The number of halogens is 1. The standard InChI is InChI=1S/C2H6O.C2H3O.BrH.Zn/c2*1-2-3;;/h3H,2H2,1H3;2H,1H2;1H;/q;-1;;/p-1. The Balaban J connectivity index is -0.0000000160. The van der Waals surface area contributed by atoms with Crippen molar-refractivity contribution in [3.05, 3.63) is 6.92 Å². The van der Waals surface area contributed by atoms with E-state index in [1.807, 2.05) is 0 Å². The summed E-state index contributed by atoms with van der Waals surface area (Å²) in [6.45, 7) is 4.74. The first-order valence-corrected chi connectivity index (χ1v) is 1.67. The summed E-state index contributed by atoms with van der Waals surface area (Å²) in [4.78, 5) is 8.69. The van der Waals surface area contributed by atoms with Gasteiger partial charge in [-0.25, -0.2) is 0 Å². The molecule has 0 radical (unpaired) electrons. The Labute approximate surface area is 73.2 Å². The molecule has 0 saturated carbocycles. The summed E-state index contributed by atoms with van der Waals surface area (Å²) < 4.78 is 0. The number of aliphatic hydroxyl groups is 1. The molecule has 0 rings (SSSR count). The fourth-order valence-electron chi connectivity index (χ4n) is 0. The molecule has 4 heteroatoms. The molecule has 0 aliphatic carbocycles. The zero-order chi connectivity index (χ0) is 5.41. The Morgan fingerprint density at radius 3 is 1.75 bits per heavy atom. The molecular weight excluding hydrogens is 225 g/mol. The topological polar surface area (TPSA) is 37.3 Å². The molecule has 0 aromatic carbocycles. The van der Waals surface area contributed by atoms with Crippen molar-refractivity contribution >= 4 is 6.29 Å². The van der Waals surface area contributed by atoms with Gasteiger partial charge in [0.15, 0.2) is 0 Å². The Morgan fingerprint density at radius 2 is 1.75 bits per heavy atom. The Bertz CT molecular complexity index is 28.0. The average Bonchev–Trinajstić information content (AvgIpc) is 1.39. The molecule has 0 heterocycles. The van der Waals surface area contributed by atoms with Gasteiger partial charge in [0.05, 0.1) is 0 Å².